The minimum Gasteiger partial charge on any atom is -0.502 e. The molecule has 0 fully saturated rings. The third-order valence-corrected chi connectivity index (χ3v) is 8.66. The molecule has 6 aromatic carbocycles. The number of ether oxygens (including phenoxy) is 2. The molecule has 0 amide bonds. The van der Waals surface area contributed by atoms with Crippen molar-refractivity contribution >= 4 is 17.3 Å². The summed E-state index contributed by atoms with van der Waals surface area (Å²) in [6.45, 7) is 0. The fraction of sp³-hybridized carbons (Fsp3) is 0.0909. The van der Waals surface area contributed by atoms with Crippen LogP contribution in [0, 0.1) is 0 Å². The lowest BCUT2D eigenvalue weighted by atomic mass is 10.0. The molecule has 1 heterocycles. The topological polar surface area (TPSA) is 80.1 Å². The molecule has 0 unspecified atom stereocenters. The van der Waals surface area contributed by atoms with Crippen molar-refractivity contribution in [3.05, 3.63) is 157 Å². The smallest absolute Gasteiger partial charge is 0.264 e. The van der Waals surface area contributed by atoms with Crippen LogP contribution < -0.4 is 19.3 Å². The van der Waals surface area contributed by atoms with Crippen LogP contribution in [0.15, 0.2) is 152 Å². The largest absolute Gasteiger partial charge is 0.502 e. The average Bonchev–Trinajstić information content (AvgIpc) is 3.58. The molecular weight excluding hydrogens is 649 g/mol. The molecule has 0 saturated heterocycles. The molecule has 0 spiro atoms. The summed E-state index contributed by atoms with van der Waals surface area (Å²) in [5.74, 6) is 1.22. The van der Waals surface area contributed by atoms with Crippen molar-refractivity contribution in [1.29, 1.82) is 0 Å². The van der Waals surface area contributed by atoms with Gasteiger partial charge < -0.3 is 24.4 Å². The van der Waals surface area contributed by atoms with Gasteiger partial charge in [-0.2, -0.15) is 0 Å². The van der Waals surface area contributed by atoms with Crippen molar-refractivity contribution in [2.24, 2.45) is 0 Å². The zero-order valence-electron chi connectivity index (χ0n) is 29.4. The van der Waals surface area contributed by atoms with E-state index in [0.717, 1.165) is 22.5 Å². The van der Waals surface area contributed by atoms with Gasteiger partial charge in [0.15, 0.2) is 11.5 Å². The number of para-hydroxylation sites is 2. The number of nitrogens with zero attached hydrogens (tertiary/aromatic N) is 4. The van der Waals surface area contributed by atoms with Crippen LogP contribution in [0.25, 0.3) is 33.9 Å². The SMILES string of the molecule is CN(C)c1ccc(-c2nc(-c3cc(Oc4ccccc4)c(O)c(Oc4ccccc4)c3)n(C(=O)c3ccccc3)c2-c2ccc(N(C)C)cc2)cc1. The highest BCUT2D eigenvalue weighted by molar-refractivity contribution is 6.03. The second kappa shape index (κ2) is 14.6. The van der Waals surface area contributed by atoms with E-state index in [1.165, 1.54) is 0 Å². The normalized spacial score (nSPS) is 10.8. The van der Waals surface area contributed by atoms with Crippen molar-refractivity contribution in [1.82, 2.24) is 9.55 Å². The average molecular weight is 687 g/mol. The summed E-state index contributed by atoms with van der Waals surface area (Å²) in [5.41, 5.74) is 5.92. The minimum atomic E-state index is -0.268. The molecule has 0 bridgehead atoms. The van der Waals surface area contributed by atoms with Crippen LogP contribution in [0.2, 0.25) is 0 Å². The summed E-state index contributed by atoms with van der Waals surface area (Å²) in [6, 6.07) is 47.1. The molecule has 0 atom stereocenters. The number of carbonyl (C=O) groups is 1. The highest BCUT2D eigenvalue weighted by Crippen LogP contribution is 2.46. The fourth-order valence-electron chi connectivity index (χ4n) is 5.92. The van der Waals surface area contributed by atoms with Crippen LogP contribution in [-0.2, 0) is 0 Å². The first-order valence-corrected chi connectivity index (χ1v) is 16.9. The van der Waals surface area contributed by atoms with E-state index in [-0.39, 0.29) is 23.2 Å². The summed E-state index contributed by atoms with van der Waals surface area (Å²) in [6.07, 6.45) is 0. The van der Waals surface area contributed by atoms with E-state index < -0.39 is 0 Å². The molecule has 0 aliphatic heterocycles. The molecule has 258 valence electrons. The summed E-state index contributed by atoms with van der Waals surface area (Å²) in [7, 11) is 7.96. The molecular formula is C44H38N4O4. The summed E-state index contributed by atoms with van der Waals surface area (Å²) in [4.78, 5) is 24.1. The lowest BCUT2D eigenvalue weighted by Gasteiger charge is -2.17. The Hall–Kier alpha value is -6.80. The van der Waals surface area contributed by atoms with E-state index in [1.807, 2.05) is 141 Å². The molecule has 8 heteroatoms. The quantitative estimate of drug-likeness (QED) is 0.153. The van der Waals surface area contributed by atoms with Crippen LogP contribution >= 0.6 is 0 Å². The zero-order chi connectivity index (χ0) is 36.2. The van der Waals surface area contributed by atoms with Crippen LogP contribution in [0.4, 0.5) is 11.4 Å². The molecule has 7 rings (SSSR count). The Kier molecular flexibility index (Phi) is 9.45. The number of aromatic hydroxyl groups is 1. The van der Waals surface area contributed by atoms with Crippen molar-refractivity contribution < 1.29 is 19.4 Å². The van der Waals surface area contributed by atoms with E-state index in [0.29, 0.717) is 39.8 Å². The molecule has 0 radical (unpaired) electrons. The fourth-order valence-corrected chi connectivity index (χ4v) is 5.92. The number of benzene rings is 6. The van der Waals surface area contributed by atoms with Gasteiger partial charge in [0.25, 0.3) is 5.91 Å². The van der Waals surface area contributed by atoms with E-state index in [2.05, 4.69) is 0 Å². The van der Waals surface area contributed by atoms with Gasteiger partial charge in [0, 0.05) is 61.8 Å². The Morgan fingerprint density at radius 1 is 0.577 bits per heavy atom. The van der Waals surface area contributed by atoms with Gasteiger partial charge in [-0.05, 0) is 72.8 Å². The molecule has 1 N–H and O–H groups in total. The number of phenols is 1. The Balaban J connectivity index is 1.52. The second-order valence-electron chi connectivity index (χ2n) is 12.7. The standard InChI is InChI=1S/C44H38N4O4/c1-46(2)34-24-20-30(21-25-34)40-41(31-22-26-35(27-23-31)47(3)4)48(44(50)32-14-8-5-9-15-32)43(45-40)33-28-38(51-36-16-10-6-11-17-36)42(49)39(29-33)52-37-18-12-7-13-19-37/h5-29,49H,1-4H3. The number of hydrogen-bond acceptors (Lipinski definition) is 7. The van der Waals surface area contributed by atoms with Crippen molar-refractivity contribution in [2.75, 3.05) is 38.0 Å². The van der Waals surface area contributed by atoms with Crippen LogP contribution in [0.3, 0.4) is 0 Å². The lowest BCUT2D eigenvalue weighted by molar-refractivity contribution is 0.0963. The maximum absolute atomic E-state index is 14.8. The van der Waals surface area contributed by atoms with E-state index in [1.54, 1.807) is 53.1 Å². The zero-order valence-corrected chi connectivity index (χ0v) is 29.4. The van der Waals surface area contributed by atoms with Gasteiger partial charge in [0.1, 0.15) is 17.3 Å². The Labute approximate surface area is 303 Å². The first kappa shape index (κ1) is 33.7. The van der Waals surface area contributed by atoms with Gasteiger partial charge in [-0.25, -0.2) is 4.98 Å². The number of rotatable bonds is 10. The van der Waals surface area contributed by atoms with Gasteiger partial charge in [-0.3, -0.25) is 9.36 Å². The van der Waals surface area contributed by atoms with E-state index >= 15 is 0 Å². The number of anilines is 2. The molecule has 0 saturated carbocycles. The van der Waals surface area contributed by atoms with Gasteiger partial charge in [-0.15, -0.1) is 0 Å². The molecule has 0 aliphatic carbocycles. The summed E-state index contributed by atoms with van der Waals surface area (Å²) in [5, 5.41) is 11.5. The van der Waals surface area contributed by atoms with Crippen LogP contribution in [0.1, 0.15) is 10.4 Å². The predicted octanol–water partition coefficient (Wildman–Crippen LogP) is 9.99. The maximum Gasteiger partial charge on any atom is 0.264 e. The molecule has 52 heavy (non-hydrogen) atoms. The molecule has 8 nitrogen and oxygen atoms in total. The van der Waals surface area contributed by atoms with Crippen LogP contribution in [0.5, 0.6) is 28.7 Å². The van der Waals surface area contributed by atoms with Crippen molar-refractivity contribution in [3.63, 3.8) is 0 Å². The first-order valence-electron chi connectivity index (χ1n) is 16.9. The summed E-state index contributed by atoms with van der Waals surface area (Å²) < 4.78 is 14.2. The number of phenolic OH excluding ortho intramolecular Hbond substituents is 1. The first-order chi connectivity index (χ1) is 25.3. The van der Waals surface area contributed by atoms with Gasteiger partial charge in [-0.1, -0.05) is 78.9 Å². The Bertz CT molecular complexity index is 2240. The molecule has 0 aliphatic rings. The van der Waals surface area contributed by atoms with E-state index in [4.69, 9.17) is 14.5 Å². The minimum absolute atomic E-state index is 0.144. The van der Waals surface area contributed by atoms with Crippen molar-refractivity contribution in [3.8, 4) is 62.7 Å². The summed E-state index contributed by atoms with van der Waals surface area (Å²) >= 11 is 0. The lowest BCUT2D eigenvalue weighted by Crippen LogP contribution is -2.15. The number of hydrogen-bond donors (Lipinski definition) is 1. The molecule has 7 aromatic rings. The highest BCUT2D eigenvalue weighted by Gasteiger charge is 2.28. The molecule has 1 aromatic heterocycles. The second-order valence-corrected chi connectivity index (χ2v) is 12.7. The maximum atomic E-state index is 14.8. The van der Waals surface area contributed by atoms with Crippen molar-refractivity contribution in [2.45, 2.75) is 0 Å². The third kappa shape index (κ3) is 6.95. The number of imidazole rings is 1. The van der Waals surface area contributed by atoms with Gasteiger partial charge in [0.05, 0.1) is 11.4 Å². The Morgan fingerprint density at radius 3 is 1.48 bits per heavy atom. The van der Waals surface area contributed by atoms with Crippen LogP contribution in [-0.4, -0.2) is 48.8 Å². The Morgan fingerprint density at radius 2 is 1.02 bits per heavy atom. The van der Waals surface area contributed by atoms with Gasteiger partial charge >= 0.3 is 0 Å². The highest BCUT2D eigenvalue weighted by atomic mass is 16.5. The number of carbonyl (C=O) groups excluding carboxylic acids is 1. The van der Waals surface area contributed by atoms with Gasteiger partial charge in [0.2, 0.25) is 5.75 Å². The number of aromatic nitrogens is 2. The monoisotopic (exact) mass is 686 g/mol. The predicted molar refractivity (Wildman–Crippen MR) is 208 cm³/mol. The van der Waals surface area contributed by atoms with E-state index in [9.17, 15) is 9.90 Å². The third-order valence-electron chi connectivity index (χ3n) is 8.66.